The number of hydrogen-bond donors (Lipinski definition) is 3. The number of nitrogens with one attached hydrogen (secondary N) is 3. The Hall–Kier alpha value is -4.58. The molecule has 0 bridgehead atoms. The van der Waals surface area contributed by atoms with E-state index in [2.05, 4.69) is 16.0 Å². The predicted octanol–water partition coefficient (Wildman–Crippen LogP) is 6.05. The van der Waals surface area contributed by atoms with E-state index in [0.29, 0.717) is 17.0 Å². The van der Waals surface area contributed by atoms with E-state index in [-0.39, 0.29) is 11.8 Å². The Labute approximate surface area is 205 Å². The van der Waals surface area contributed by atoms with Crippen LogP contribution in [0.3, 0.4) is 0 Å². The monoisotopic (exact) mass is 465 g/mol. The van der Waals surface area contributed by atoms with Gasteiger partial charge in [0.2, 0.25) is 5.91 Å². The van der Waals surface area contributed by atoms with Gasteiger partial charge in [-0.1, -0.05) is 60.7 Å². The molecular weight excluding hydrogens is 438 g/mol. The molecule has 0 aromatic heterocycles. The first kappa shape index (κ1) is 23.6. The quantitative estimate of drug-likeness (QED) is 0.296. The number of carbonyl (C=O) groups excluding carboxylic acids is 2. The van der Waals surface area contributed by atoms with Crippen LogP contribution in [0.4, 0.5) is 17.1 Å². The number of carbonyl (C=O) groups is 2. The van der Waals surface area contributed by atoms with Gasteiger partial charge in [0.05, 0.1) is 12.8 Å². The SMILES string of the molecule is COc1ccccc1NC(=O)c1ccc(N[C@H](C)C(=O)Nc2ccccc2-c2ccccc2)cc1. The van der Waals surface area contributed by atoms with Crippen molar-refractivity contribution in [3.63, 3.8) is 0 Å². The molecule has 176 valence electrons. The Bertz CT molecular complexity index is 1300. The summed E-state index contributed by atoms with van der Waals surface area (Å²) in [6, 6.07) is 31.4. The number of ether oxygens (including phenoxy) is 1. The van der Waals surface area contributed by atoms with Gasteiger partial charge in [0.15, 0.2) is 0 Å². The van der Waals surface area contributed by atoms with Gasteiger partial charge in [-0.05, 0) is 55.0 Å². The summed E-state index contributed by atoms with van der Waals surface area (Å²) in [4.78, 5) is 25.5. The highest BCUT2D eigenvalue weighted by Crippen LogP contribution is 2.28. The molecule has 4 aromatic rings. The molecule has 3 N–H and O–H groups in total. The number of anilines is 3. The summed E-state index contributed by atoms with van der Waals surface area (Å²) in [5.41, 5.74) is 4.57. The molecule has 0 aliphatic rings. The third kappa shape index (κ3) is 5.86. The van der Waals surface area contributed by atoms with Crippen molar-refractivity contribution in [3.8, 4) is 16.9 Å². The zero-order valence-corrected chi connectivity index (χ0v) is 19.6. The lowest BCUT2D eigenvalue weighted by Gasteiger charge is -2.17. The number of hydrogen-bond acceptors (Lipinski definition) is 4. The Balaban J connectivity index is 1.39. The van der Waals surface area contributed by atoms with E-state index in [9.17, 15) is 9.59 Å². The topological polar surface area (TPSA) is 79.5 Å². The van der Waals surface area contributed by atoms with Crippen molar-refractivity contribution in [2.24, 2.45) is 0 Å². The highest BCUT2D eigenvalue weighted by Gasteiger charge is 2.16. The van der Waals surface area contributed by atoms with Crippen molar-refractivity contribution < 1.29 is 14.3 Å². The summed E-state index contributed by atoms with van der Waals surface area (Å²) in [6.45, 7) is 1.79. The standard InChI is InChI=1S/C29H27N3O3/c1-20(28(33)31-25-13-7-6-12-24(25)21-10-4-3-5-11-21)30-23-18-16-22(17-19-23)29(34)32-26-14-8-9-15-27(26)35-2/h3-20,30H,1-2H3,(H,31,33)(H,32,34)/t20-/m1/s1. The van der Waals surface area contributed by atoms with E-state index >= 15 is 0 Å². The molecular formula is C29H27N3O3. The maximum Gasteiger partial charge on any atom is 0.255 e. The fourth-order valence-corrected chi connectivity index (χ4v) is 3.68. The molecule has 0 aliphatic heterocycles. The van der Waals surface area contributed by atoms with Crippen molar-refractivity contribution >= 4 is 28.9 Å². The lowest BCUT2D eigenvalue weighted by molar-refractivity contribution is -0.116. The van der Waals surface area contributed by atoms with Gasteiger partial charge in [0.1, 0.15) is 11.8 Å². The van der Waals surface area contributed by atoms with Crippen LogP contribution >= 0.6 is 0 Å². The Morgan fingerprint density at radius 2 is 1.34 bits per heavy atom. The second-order valence-corrected chi connectivity index (χ2v) is 8.00. The first-order valence-electron chi connectivity index (χ1n) is 11.3. The number of benzene rings is 4. The smallest absolute Gasteiger partial charge is 0.255 e. The van der Waals surface area contributed by atoms with E-state index in [1.807, 2.05) is 66.7 Å². The highest BCUT2D eigenvalue weighted by atomic mass is 16.5. The first-order valence-corrected chi connectivity index (χ1v) is 11.3. The van der Waals surface area contributed by atoms with Crippen LogP contribution in [0.2, 0.25) is 0 Å². The summed E-state index contributed by atoms with van der Waals surface area (Å²) >= 11 is 0. The van der Waals surface area contributed by atoms with E-state index in [1.54, 1.807) is 50.4 Å². The maximum atomic E-state index is 12.9. The molecule has 6 heteroatoms. The van der Waals surface area contributed by atoms with Crippen LogP contribution in [0, 0.1) is 0 Å². The van der Waals surface area contributed by atoms with Gasteiger partial charge in [-0.3, -0.25) is 9.59 Å². The molecule has 1 atom stereocenters. The summed E-state index contributed by atoms with van der Waals surface area (Å²) in [5.74, 6) is 0.184. The first-order chi connectivity index (χ1) is 17.0. The summed E-state index contributed by atoms with van der Waals surface area (Å²) in [5, 5.41) is 9.06. The third-order valence-corrected chi connectivity index (χ3v) is 5.55. The van der Waals surface area contributed by atoms with E-state index in [0.717, 1.165) is 22.5 Å². The van der Waals surface area contributed by atoms with E-state index in [4.69, 9.17) is 4.74 Å². The molecule has 0 fully saturated rings. The number of methoxy groups -OCH3 is 1. The molecule has 4 rings (SSSR count). The number of para-hydroxylation sites is 3. The van der Waals surface area contributed by atoms with Gasteiger partial charge in [-0.2, -0.15) is 0 Å². The van der Waals surface area contributed by atoms with E-state index < -0.39 is 6.04 Å². The fourth-order valence-electron chi connectivity index (χ4n) is 3.68. The summed E-state index contributed by atoms with van der Waals surface area (Å²) in [6.07, 6.45) is 0. The van der Waals surface area contributed by atoms with Crippen molar-refractivity contribution in [2.75, 3.05) is 23.1 Å². The molecule has 0 heterocycles. The van der Waals surface area contributed by atoms with Gasteiger partial charge >= 0.3 is 0 Å². The van der Waals surface area contributed by atoms with E-state index in [1.165, 1.54) is 0 Å². The van der Waals surface area contributed by atoms with Gasteiger partial charge in [-0.25, -0.2) is 0 Å². The largest absolute Gasteiger partial charge is 0.495 e. The van der Waals surface area contributed by atoms with Crippen molar-refractivity contribution in [1.29, 1.82) is 0 Å². The van der Waals surface area contributed by atoms with Crippen LogP contribution in [0.5, 0.6) is 5.75 Å². The van der Waals surface area contributed by atoms with Crippen LogP contribution < -0.4 is 20.7 Å². The van der Waals surface area contributed by atoms with Crippen molar-refractivity contribution in [3.05, 3.63) is 109 Å². The zero-order chi connectivity index (χ0) is 24.6. The highest BCUT2D eigenvalue weighted by molar-refractivity contribution is 6.05. The Kier molecular flexibility index (Phi) is 7.43. The molecule has 0 aliphatic carbocycles. The summed E-state index contributed by atoms with van der Waals surface area (Å²) < 4.78 is 5.28. The Morgan fingerprint density at radius 1 is 0.714 bits per heavy atom. The molecule has 4 aromatic carbocycles. The maximum absolute atomic E-state index is 12.9. The van der Waals surface area contributed by atoms with Gasteiger partial charge in [0.25, 0.3) is 5.91 Å². The number of rotatable bonds is 8. The zero-order valence-electron chi connectivity index (χ0n) is 19.6. The van der Waals surface area contributed by atoms with Crippen molar-refractivity contribution in [1.82, 2.24) is 0 Å². The minimum atomic E-state index is -0.493. The van der Waals surface area contributed by atoms with Crippen LogP contribution in [0.15, 0.2) is 103 Å². The van der Waals surface area contributed by atoms with Gasteiger partial charge in [0, 0.05) is 22.5 Å². The normalized spacial score (nSPS) is 11.3. The molecule has 0 unspecified atom stereocenters. The molecule has 6 nitrogen and oxygen atoms in total. The van der Waals surface area contributed by atoms with Crippen LogP contribution in [-0.4, -0.2) is 25.0 Å². The lowest BCUT2D eigenvalue weighted by atomic mass is 10.0. The van der Waals surface area contributed by atoms with Gasteiger partial charge < -0.3 is 20.7 Å². The molecule has 0 saturated heterocycles. The molecule has 2 amide bonds. The molecule has 0 saturated carbocycles. The van der Waals surface area contributed by atoms with Crippen LogP contribution in [-0.2, 0) is 4.79 Å². The average Bonchev–Trinajstić information content (AvgIpc) is 2.90. The minimum absolute atomic E-state index is 0.161. The molecule has 35 heavy (non-hydrogen) atoms. The van der Waals surface area contributed by atoms with Crippen LogP contribution in [0.1, 0.15) is 17.3 Å². The van der Waals surface area contributed by atoms with Gasteiger partial charge in [-0.15, -0.1) is 0 Å². The second-order valence-electron chi connectivity index (χ2n) is 8.00. The fraction of sp³-hybridized carbons (Fsp3) is 0.103. The molecule has 0 radical (unpaired) electrons. The van der Waals surface area contributed by atoms with Crippen molar-refractivity contribution in [2.45, 2.75) is 13.0 Å². The summed E-state index contributed by atoms with van der Waals surface area (Å²) in [7, 11) is 1.56. The minimum Gasteiger partial charge on any atom is -0.495 e. The Morgan fingerprint density at radius 3 is 2.06 bits per heavy atom. The second kappa shape index (κ2) is 11.0. The number of amides is 2. The molecule has 0 spiro atoms. The predicted molar refractivity (Wildman–Crippen MR) is 141 cm³/mol. The third-order valence-electron chi connectivity index (χ3n) is 5.55. The van der Waals surface area contributed by atoms with Crippen LogP contribution in [0.25, 0.3) is 11.1 Å². The lowest BCUT2D eigenvalue weighted by Crippen LogP contribution is -2.32. The average molecular weight is 466 g/mol.